The predicted molar refractivity (Wildman–Crippen MR) is 73.9 cm³/mol. The average Bonchev–Trinajstić information content (AvgIpc) is 2.81. The second-order valence-corrected chi connectivity index (χ2v) is 4.52. The van der Waals surface area contributed by atoms with Gasteiger partial charge in [-0.3, -0.25) is 4.68 Å². The molecule has 0 bridgehead atoms. The van der Waals surface area contributed by atoms with Crippen LogP contribution in [0.4, 0.5) is 11.6 Å². The highest BCUT2D eigenvalue weighted by molar-refractivity contribution is 7.98. The van der Waals surface area contributed by atoms with E-state index in [9.17, 15) is 0 Å². The van der Waals surface area contributed by atoms with E-state index in [0.717, 1.165) is 22.4 Å². The third-order valence-electron chi connectivity index (χ3n) is 2.38. The van der Waals surface area contributed by atoms with Gasteiger partial charge in [-0.25, -0.2) is 9.97 Å². The summed E-state index contributed by atoms with van der Waals surface area (Å²) in [6.45, 7) is 0.696. The molecule has 2 heterocycles. The maximum atomic E-state index is 4.40. The second kappa shape index (κ2) is 5.72. The molecule has 96 valence electrons. The largest absolute Gasteiger partial charge is 0.373 e. The maximum absolute atomic E-state index is 4.40. The smallest absolute Gasteiger partial charge is 0.191 e. The lowest BCUT2D eigenvalue weighted by molar-refractivity contribution is 0.767. The van der Waals surface area contributed by atoms with Gasteiger partial charge in [0.1, 0.15) is 11.6 Å². The van der Waals surface area contributed by atoms with Crippen LogP contribution in [0.15, 0.2) is 23.6 Å². The van der Waals surface area contributed by atoms with Crippen LogP contribution in [0.5, 0.6) is 0 Å². The van der Waals surface area contributed by atoms with E-state index in [4.69, 9.17) is 0 Å². The third kappa shape index (κ3) is 3.13. The van der Waals surface area contributed by atoms with Gasteiger partial charge in [-0.1, -0.05) is 11.8 Å². The Bertz CT molecular complexity index is 502. The Morgan fingerprint density at radius 3 is 2.72 bits per heavy atom. The number of aryl methyl sites for hydroxylation is 1. The number of hydrogen-bond acceptors (Lipinski definition) is 6. The minimum Gasteiger partial charge on any atom is -0.373 e. The molecule has 0 saturated heterocycles. The number of aromatic nitrogens is 4. The summed E-state index contributed by atoms with van der Waals surface area (Å²) in [5.41, 5.74) is 1.12. The zero-order valence-electron chi connectivity index (χ0n) is 10.6. The third-order valence-corrected chi connectivity index (χ3v) is 2.92. The first-order valence-electron chi connectivity index (χ1n) is 5.53. The Kier molecular flexibility index (Phi) is 4.03. The van der Waals surface area contributed by atoms with Crippen molar-refractivity contribution >= 4 is 23.4 Å². The molecule has 7 heteroatoms. The fourth-order valence-corrected chi connectivity index (χ4v) is 1.87. The summed E-state index contributed by atoms with van der Waals surface area (Å²) in [6, 6.07) is 1.89. The van der Waals surface area contributed by atoms with Crippen molar-refractivity contribution in [3.63, 3.8) is 0 Å². The van der Waals surface area contributed by atoms with Crippen LogP contribution in [0.1, 0.15) is 5.56 Å². The Morgan fingerprint density at radius 1 is 1.33 bits per heavy atom. The van der Waals surface area contributed by atoms with Crippen molar-refractivity contribution in [2.75, 3.05) is 23.9 Å². The standard InChI is InChI=1S/C11H16N6S/c1-12-9-4-10(16-11(15-9)18-3)13-5-8-6-14-17(2)7-8/h4,6-7H,5H2,1-3H3,(H2,12,13,15,16). The van der Waals surface area contributed by atoms with Crippen molar-refractivity contribution in [2.45, 2.75) is 11.7 Å². The minimum atomic E-state index is 0.696. The fraction of sp³-hybridized carbons (Fsp3) is 0.364. The molecule has 0 spiro atoms. The Hall–Kier alpha value is -1.76. The predicted octanol–water partition coefficient (Wildman–Crippen LogP) is 1.59. The average molecular weight is 264 g/mol. The summed E-state index contributed by atoms with van der Waals surface area (Å²) in [6.07, 6.45) is 5.77. The number of anilines is 2. The van der Waals surface area contributed by atoms with Crippen molar-refractivity contribution in [2.24, 2.45) is 7.05 Å². The topological polar surface area (TPSA) is 67.7 Å². The van der Waals surface area contributed by atoms with Crippen LogP contribution in [0.3, 0.4) is 0 Å². The Balaban J connectivity index is 2.08. The monoisotopic (exact) mass is 264 g/mol. The van der Waals surface area contributed by atoms with Crippen molar-refractivity contribution in [3.8, 4) is 0 Å². The first-order chi connectivity index (χ1) is 8.71. The van der Waals surface area contributed by atoms with Gasteiger partial charge in [0.05, 0.1) is 6.20 Å². The number of rotatable bonds is 5. The van der Waals surface area contributed by atoms with E-state index in [2.05, 4.69) is 25.7 Å². The summed E-state index contributed by atoms with van der Waals surface area (Å²) in [4.78, 5) is 8.71. The molecule has 2 rings (SSSR count). The minimum absolute atomic E-state index is 0.696. The van der Waals surface area contributed by atoms with Gasteiger partial charge < -0.3 is 10.6 Å². The SMILES string of the molecule is CNc1cc(NCc2cnn(C)c2)nc(SC)n1. The van der Waals surface area contributed by atoms with Gasteiger partial charge >= 0.3 is 0 Å². The zero-order valence-corrected chi connectivity index (χ0v) is 11.5. The number of hydrogen-bond donors (Lipinski definition) is 2. The lowest BCUT2D eigenvalue weighted by Crippen LogP contribution is -2.04. The van der Waals surface area contributed by atoms with Crippen LogP contribution in [0, 0.1) is 0 Å². The molecule has 0 atom stereocenters. The van der Waals surface area contributed by atoms with Crippen molar-refractivity contribution in [3.05, 3.63) is 24.0 Å². The number of thioether (sulfide) groups is 1. The highest BCUT2D eigenvalue weighted by atomic mass is 32.2. The molecule has 0 radical (unpaired) electrons. The molecule has 0 aromatic carbocycles. The van der Waals surface area contributed by atoms with Crippen molar-refractivity contribution < 1.29 is 0 Å². The molecule has 2 aromatic heterocycles. The van der Waals surface area contributed by atoms with E-state index in [-0.39, 0.29) is 0 Å². The van der Waals surface area contributed by atoms with Gasteiger partial charge in [-0.2, -0.15) is 5.10 Å². The summed E-state index contributed by atoms with van der Waals surface area (Å²) >= 11 is 1.52. The Labute approximate surface area is 110 Å². The van der Waals surface area contributed by atoms with Crippen molar-refractivity contribution in [1.29, 1.82) is 0 Å². The molecule has 0 saturated carbocycles. The first-order valence-corrected chi connectivity index (χ1v) is 6.76. The molecule has 0 unspecified atom stereocenters. The first kappa shape index (κ1) is 12.7. The van der Waals surface area contributed by atoms with Crippen LogP contribution >= 0.6 is 11.8 Å². The van der Waals surface area contributed by atoms with Gasteiger partial charge in [0.25, 0.3) is 0 Å². The van der Waals surface area contributed by atoms with Gasteiger partial charge in [0, 0.05) is 38.5 Å². The number of nitrogens with zero attached hydrogens (tertiary/aromatic N) is 4. The van der Waals surface area contributed by atoms with E-state index in [1.165, 1.54) is 11.8 Å². The van der Waals surface area contributed by atoms with E-state index in [0.29, 0.717) is 6.54 Å². The summed E-state index contributed by atoms with van der Waals surface area (Å²) in [5.74, 6) is 1.62. The fourth-order valence-electron chi connectivity index (χ4n) is 1.49. The Morgan fingerprint density at radius 2 is 2.11 bits per heavy atom. The van der Waals surface area contributed by atoms with Crippen molar-refractivity contribution in [1.82, 2.24) is 19.7 Å². The normalized spacial score (nSPS) is 10.4. The molecule has 2 N–H and O–H groups in total. The van der Waals surface area contributed by atoms with E-state index >= 15 is 0 Å². The summed E-state index contributed by atoms with van der Waals surface area (Å²) in [5, 5.41) is 11.2. The highest BCUT2D eigenvalue weighted by Crippen LogP contribution is 2.17. The van der Waals surface area contributed by atoms with Crippen LogP contribution in [0.2, 0.25) is 0 Å². The van der Waals surface area contributed by atoms with E-state index < -0.39 is 0 Å². The zero-order chi connectivity index (χ0) is 13.0. The van der Waals surface area contributed by atoms with E-state index in [1.807, 2.05) is 38.8 Å². The molecule has 0 aliphatic carbocycles. The lowest BCUT2D eigenvalue weighted by Gasteiger charge is -2.07. The molecule has 18 heavy (non-hydrogen) atoms. The maximum Gasteiger partial charge on any atom is 0.191 e. The quantitative estimate of drug-likeness (QED) is 0.631. The van der Waals surface area contributed by atoms with Crippen LogP contribution < -0.4 is 10.6 Å². The van der Waals surface area contributed by atoms with Crippen LogP contribution in [-0.2, 0) is 13.6 Å². The second-order valence-electron chi connectivity index (χ2n) is 3.75. The van der Waals surface area contributed by atoms with Gasteiger partial charge in [0.2, 0.25) is 0 Å². The molecular formula is C11H16N6S. The van der Waals surface area contributed by atoms with Gasteiger partial charge in [-0.05, 0) is 6.26 Å². The highest BCUT2D eigenvalue weighted by Gasteiger charge is 2.03. The molecule has 6 nitrogen and oxygen atoms in total. The molecular weight excluding hydrogens is 248 g/mol. The van der Waals surface area contributed by atoms with Crippen LogP contribution in [-0.4, -0.2) is 33.1 Å². The van der Waals surface area contributed by atoms with E-state index in [1.54, 1.807) is 4.68 Å². The molecule has 2 aromatic rings. The molecule has 0 aliphatic rings. The van der Waals surface area contributed by atoms with Crippen LogP contribution in [0.25, 0.3) is 0 Å². The molecule has 0 aliphatic heterocycles. The number of nitrogens with one attached hydrogen (secondary N) is 2. The summed E-state index contributed by atoms with van der Waals surface area (Å²) in [7, 11) is 3.75. The molecule has 0 fully saturated rings. The lowest BCUT2D eigenvalue weighted by atomic mass is 10.3. The molecule has 0 amide bonds. The van der Waals surface area contributed by atoms with Gasteiger partial charge in [0.15, 0.2) is 5.16 Å². The summed E-state index contributed by atoms with van der Waals surface area (Å²) < 4.78 is 1.78. The van der Waals surface area contributed by atoms with Gasteiger partial charge in [-0.15, -0.1) is 0 Å².